The second-order valence-electron chi connectivity index (χ2n) is 6.45. The van der Waals surface area contributed by atoms with Gasteiger partial charge in [-0.3, -0.25) is 9.59 Å². The lowest BCUT2D eigenvalue weighted by Crippen LogP contribution is -2.15. The van der Waals surface area contributed by atoms with Gasteiger partial charge in [0.15, 0.2) is 0 Å². The summed E-state index contributed by atoms with van der Waals surface area (Å²) in [5.41, 5.74) is 0.598. The minimum Gasteiger partial charge on any atom is -0.497 e. The van der Waals surface area contributed by atoms with E-state index in [-0.39, 0.29) is 11.3 Å². The SMILES string of the molecule is COc1ccc(C(=O)Nc2ccc(CC(=O)O)c(F)c2)c(OCC2CC2)c1. The molecule has 0 bridgehead atoms. The van der Waals surface area contributed by atoms with E-state index in [9.17, 15) is 14.0 Å². The minimum atomic E-state index is -1.12. The van der Waals surface area contributed by atoms with Gasteiger partial charge in [0, 0.05) is 11.8 Å². The van der Waals surface area contributed by atoms with Crippen molar-refractivity contribution in [2.24, 2.45) is 5.92 Å². The highest BCUT2D eigenvalue weighted by Gasteiger charge is 2.23. The fourth-order valence-corrected chi connectivity index (χ4v) is 2.56. The van der Waals surface area contributed by atoms with Crippen LogP contribution in [-0.2, 0) is 11.2 Å². The molecule has 0 atom stereocenters. The highest BCUT2D eigenvalue weighted by Crippen LogP contribution is 2.32. The number of carbonyl (C=O) groups is 2. The second-order valence-corrected chi connectivity index (χ2v) is 6.45. The molecule has 1 aliphatic rings. The van der Waals surface area contributed by atoms with Crippen molar-refractivity contribution in [3.63, 3.8) is 0 Å². The van der Waals surface area contributed by atoms with Gasteiger partial charge in [0.25, 0.3) is 5.91 Å². The predicted molar refractivity (Wildman–Crippen MR) is 96.9 cm³/mol. The van der Waals surface area contributed by atoms with Crippen LogP contribution >= 0.6 is 0 Å². The van der Waals surface area contributed by atoms with Gasteiger partial charge >= 0.3 is 5.97 Å². The van der Waals surface area contributed by atoms with Crippen LogP contribution < -0.4 is 14.8 Å². The lowest BCUT2D eigenvalue weighted by Gasteiger charge is -2.13. The van der Waals surface area contributed by atoms with Gasteiger partial charge in [-0.2, -0.15) is 0 Å². The lowest BCUT2D eigenvalue weighted by atomic mass is 10.1. The Kier molecular flexibility index (Phi) is 5.59. The second kappa shape index (κ2) is 8.07. The number of carbonyl (C=O) groups excluding carboxylic acids is 1. The molecule has 1 amide bonds. The van der Waals surface area contributed by atoms with Gasteiger partial charge < -0.3 is 19.9 Å². The summed E-state index contributed by atoms with van der Waals surface area (Å²) in [6.45, 7) is 0.534. The lowest BCUT2D eigenvalue weighted by molar-refractivity contribution is -0.136. The summed E-state index contributed by atoms with van der Waals surface area (Å²) in [5, 5.41) is 11.4. The number of hydrogen-bond donors (Lipinski definition) is 2. The smallest absolute Gasteiger partial charge is 0.307 e. The zero-order chi connectivity index (χ0) is 19.4. The number of nitrogens with one attached hydrogen (secondary N) is 1. The number of halogens is 1. The van der Waals surface area contributed by atoms with Crippen molar-refractivity contribution in [3.8, 4) is 11.5 Å². The number of ether oxygens (including phenoxy) is 2. The van der Waals surface area contributed by atoms with E-state index < -0.39 is 24.1 Å². The Hall–Kier alpha value is -3.09. The summed E-state index contributed by atoms with van der Waals surface area (Å²) in [4.78, 5) is 23.3. The van der Waals surface area contributed by atoms with E-state index in [0.717, 1.165) is 18.9 Å². The maximum Gasteiger partial charge on any atom is 0.307 e. The van der Waals surface area contributed by atoms with Crippen molar-refractivity contribution in [1.29, 1.82) is 0 Å². The Bertz CT molecular complexity index is 863. The van der Waals surface area contributed by atoms with Crippen LogP contribution in [0, 0.1) is 11.7 Å². The third-order valence-corrected chi connectivity index (χ3v) is 4.26. The minimum absolute atomic E-state index is 0.0541. The molecule has 0 aromatic heterocycles. The van der Waals surface area contributed by atoms with E-state index in [1.54, 1.807) is 18.2 Å². The van der Waals surface area contributed by atoms with Gasteiger partial charge in [0.2, 0.25) is 0 Å². The number of methoxy groups -OCH3 is 1. The van der Waals surface area contributed by atoms with E-state index in [1.807, 2.05) is 0 Å². The third kappa shape index (κ3) is 4.97. The Morgan fingerprint density at radius 3 is 2.63 bits per heavy atom. The average molecular weight is 373 g/mol. The molecule has 142 valence electrons. The first-order chi connectivity index (χ1) is 13.0. The van der Waals surface area contributed by atoms with E-state index in [1.165, 1.54) is 19.2 Å². The van der Waals surface area contributed by atoms with Crippen LogP contribution in [0.25, 0.3) is 0 Å². The van der Waals surface area contributed by atoms with Crippen molar-refractivity contribution < 1.29 is 28.6 Å². The summed E-state index contributed by atoms with van der Waals surface area (Å²) in [6.07, 6.45) is 1.82. The molecule has 0 radical (unpaired) electrons. The highest BCUT2D eigenvalue weighted by molar-refractivity contribution is 6.06. The molecule has 1 fully saturated rings. The largest absolute Gasteiger partial charge is 0.497 e. The maximum atomic E-state index is 14.0. The van der Waals surface area contributed by atoms with Crippen LogP contribution in [-0.4, -0.2) is 30.7 Å². The zero-order valence-corrected chi connectivity index (χ0v) is 14.8. The quantitative estimate of drug-likeness (QED) is 0.740. The van der Waals surface area contributed by atoms with Gasteiger partial charge in [0.05, 0.1) is 25.7 Å². The Morgan fingerprint density at radius 2 is 2.00 bits per heavy atom. The average Bonchev–Trinajstić information content (AvgIpc) is 3.46. The number of aliphatic carboxylic acids is 1. The van der Waals surface area contributed by atoms with E-state index in [4.69, 9.17) is 14.6 Å². The Labute approximate surface area is 155 Å². The number of anilines is 1. The fourth-order valence-electron chi connectivity index (χ4n) is 2.56. The molecule has 6 nitrogen and oxygen atoms in total. The zero-order valence-electron chi connectivity index (χ0n) is 14.8. The molecular formula is C20H20FNO5. The van der Waals surface area contributed by atoms with Crippen LogP contribution in [0.4, 0.5) is 10.1 Å². The fraction of sp³-hybridized carbons (Fsp3) is 0.300. The summed E-state index contributed by atoms with van der Waals surface area (Å²) < 4.78 is 25.0. The highest BCUT2D eigenvalue weighted by atomic mass is 19.1. The molecule has 2 aromatic rings. The van der Waals surface area contributed by atoms with Gasteiger partial charge in [0.1, 0.15) is 17.3 Å². The number of carboxylic acids is 1. The van der Waals surface area contributed by atoms with Gasteiger partial charge in [-0.05, 0) is 48.6 Å². The van der Waals surface area contributed by atoms with Crippen molar-refractivity contribution in [2.45, 2.75) is 19.3 Å². The molecule has 27 heavy (non-hydrogen) atoms. The summed E-state index contributed by atoms with van der Waals surface area (Å²) in [7, 11) is 1.53. The Morgan fingerprint density at radius 1 is 1.22 bits per heavy atom. The first-order valence-electron chi connectivity index (χ1n) is 8.58. The first-order valence-corrected chi connectivity index (χ1v) is 8.58. The standard InChI is InChI=1S/C20H20FNO5/c1-26-15-6-7-16(18(10-15)27-11-12-2-3-12)20(25)22-14-5-4-13(8-19(23)24)17(21)9-14/h4-7,9-10,12H,2-3,8,11H2,1H3,(H,22,25)(H,23,24). The summed E-state index contributed by atoms with van der Waals surface area (Å²) in [5.74, 6) is -0.767. The molecule has 0 spiro atoms. The molecular weight excluding hydrogens is 353 g/mol. The molecule has 0 saturated heterocycles. The predicted octanol–water partition coefficient (Wildman–Crippen LogP) is 3.50. The van der Waals surface area contributed by atoms with Crippen molar-refractivity contribution in [3.05, 3.63) is 53.3 Å². The molecule has 7 heteroatoms. The monoisotopic (exact) mass is 373 g/mol. The molecule has 0 unspecified atom stereocenters. The van der Waals surface area contributed by atoms with Crippen LogP contribution in [0.2, 0.25) is 0 Å². The van der Waals surface area contributed by atoms with Gasteiger partial charge in [-0.25, -0.2) is 4.39 Å². The molecule has 3 rings (SSSR count). The first kappa shape index (κ1) is 18.7. The summed E-state index contributed by atoms with van der Waals surface area (Å²) in [6, 6.07) is 8.80. The molecule has 1 aliphatic carbocycles. The van der Waals surface area contributed by atoms with E-state index in [2.05, 4.69) is 5.32 Å². The number of carboxylic acid groups (broad SMARTS) is 1. The normalized spacial score (nSPS) is 13.1. The van der Waals surface area contributed by atoms with Crippen molar-refractivity contribution in [1.82, 2.24) is 0 Å². The number of rotatable bonds is 8. The van der Waals surface area contributed by atoms with E-state index >= 15 is 0 Å². The molecule has 0 heterocycles. The number of hydrogen-bond acceptors (Lipinski definition) is 4. The van der Waals surface area contributed by atoms with Crippen LogP contribution in [0.15, 0.2) is 36.4 Å². The topological polar surface area (TPSA) is 84.9 Å². The van der Waals surface area contributed by atoms with Gasteiger partial charge in [-0.1, -0.05) is 6.07 Å². The molecule has 0 aliphatic heterocycles. The molecule has 2 N–H and O–H groups in total. The summed E-state index contributed by atoms with van der Waals surface area (Å²) >= 11 is 0. The number of amides is 1. The van der Waals surface area contributed by atoms with Gasteiger partial charge in [-0.15, -0.1) is 0 Å². The maximum absolute atomic E-state index is 14.0. The molecule has 1 saturated carbocycles. The number of benzene rings is 2. The van der Waals surface area contributed by atoms with Crippen LogP contribution in [0.5, 0.6) is 11.5 Å². The van der Waals surface area contributed by atoms with Crippen molar-refractivity contribution >= 4 is 17.6 Å². The third-order valence-electron chi connectivity index (χ3n) is 4.26. The van der Waals surface area contributed by atoms with Crippen molar-refractivity contribution in [2.75, 3.05) is 19.0 Å². The van der Waals surface area contributed by atoms with E-state index in [0.29, 0.717) is 29.6 Å². The van der Waals surface area contributed by atoms with Crippen LogP contribution in [0.1, 0.15) is 28.8 Å². The molecule has 2 aromatic carbocycles. The Balaban J connectivity index is 1.76. The van der Waals surface area contributed by atoms with Crippen LogP contribution in [0.3, 0.4) is 0 Å².